The van der Waals surface area contributed by atoms with E-state index < -0.39 is 17.4 Å². The lowest BCUT2D eigenvalue weighted by atomic mass is 9.67. The topological polar surface area (TPSA) is 91.1 Å². The van der Waals surface area contributed by atoms with E-state index in [1.54, 1.807) is 23.9 Å². The number of aryl methyl sites for hydroxylation is 1. The molecule has 0 radical (unpaired) electrons. The number of carbonyl (C=O) groups is 2. The van der Waals surface area contributed by atoms with Gasteiger partial charge in [0.1, 0.15) is 0 Å². The molecule has 1 fully saturated rings. The Bertz CT molecular complexity index is 1530. The van der Waals surface area contributed by atoms with Gasteiger partial charge in [0, 0.05) is 38.0 Å². The van der Waals surface area contributed by atoms with Crippen molar-refractivity contribution in [3.05, 3.63) is 108 Å². The molecule has 1 unspecified atom stereocenters. The van der Waals surface area contributed by atoms with Gasteiger partial charge in [-0.25, -0.2) is 0 Å². The molecule has 1 aliphatic heterocycles. The molecule has 0 aliphatic carbocycles. The normalized spacial score (nSPS) is 20.6. The lowest BCUT2D eigenvalue weighted by Crippen LogP contribution is -2.65. The number of hydrogen-bond donors (Lipinski definition) is 2. The summed E-state index contributed by atoms with van der Waals surface area (Å²) in [5.41, 5.74) is 2.54. The molecule has 1 amide bonds. The van der Waals surface area contributed by atoms with Crippen LogP contribution in [0.1, 0.15) is 36.0 Å². The van der Waals surface area contributed by atoms with Crippen molar-refractivity contribution in [3.63, 3.8) is 0 Å². The Morgan fingerprint density at radius 1 is 1.08 bits per heavy atom. The Morgan fingerprint density at radius 3 is 2.47 bits per heavy atom. The van der Waals surface area contributed by atoms with Gasteiger partial charge in [0.2, 0.25) is 5.91 Å². The molecule has 4 aromatic rings. The Labute approximate surface area is 222 Å². The number of nitrogens with zero attached hydrogens (tertiary/aromatic N) is 3. The molecule has 3 aromatic carbocycles. The zero-order valence-corrected chi connectivity index (χ0v) is 21.8. The zero-order valence-electron chi connectivity index (χ0n) is 21.8. The number of nitrogens with one attached hydrogen (secondary N) is 2. The first kappa shape index (κ1) is 25.1. The van der Waals surface area contributed by atoms with Gasteiger partial charge in [0.25, 0.3) is 0 Å². The summed E-state index contributed by atoms with van der Waals surface area (Å²) >= 11 is 0. The van der Waals surface area contributed by atoms with Crippen molar-refractivity contribution < 1.29 is 9.59 Å². The zero-order chi connectivity index (χ0) is 26.9. The van der Waals surface area contributed by atoms with Crippen molar-refractivity contribution in [1.82, 2.24) is 20.0 Å². The Balaban J connectivity index is 1.59. The molecule has 0 saturated carbocycles. The molecule has 1 aromatic heterocycles. The third-order valence-electron chi connectivity index (χ3n) is 7.47. The number of benzene rings is 3. The molecule has 2 heterocycles. The molecule has 38 heavy (non-hydrogen) atoms. The van der Waals surface area contributed by atoms with E-state index in [4.69, 9.17) is 5.41 Å². The average Bonchev–Trinajstić information content (AvgIpc) is 3.30. The number of amides is 1. The van der Waals surface area contributed by atoms with Crippen molar-refractivity contribution in [2.45, 2.75) is 24.8 Å². The van der Waals surface area contributed by atoms with Gasteiger partial charge in [-0.3, -0.25) is 24.6 Å². The van der Waals surface area contributed by atoms with Crippen molar-refractivity contribution in [2.75, 3.05) is 7.05 Å². The number of hydrogen-bond acceptors (Lipinski definition) is 4. The lowest BCUT2D eigenvalue weighted by molar-refractivity contribution is -0.137. The minimum absolute atomic E-state index is 0.0250. The van der Waals surface area contributed by atoms with E-state index >= 15 is 0 Å². The number of rotatable bonds is 7. The van der Waals surface area contributed by atoms with Crippen LogP contribution in [0.25, 0.3) is 17.0 Å². The molecule has 0 spiro atoms. The SMILES string of the molecule is CN1C(=N)N[C@](C)(c2ccc3cn(C)nc3c2)[C@H](C(CC(=O)/C=C/c2ccccc2)c2ccccc2)C1=O. The van der Waals surface area contributed by atoms with E-state index in [0.717, 1.165) is 27.6 Å². The van der Waals surface area contributed by atoms with Crippen LogP contribution in [0.15, 0.2) is 91.1 Å². The van der Waals surface area contributed by atoms with E-state index in [2.05, 4.69) is 10.4 Å². The highest BCUT2D eigenvalue weighted by molar-refractivity contribution is 6.02. The second kappa shape index (κ2) is 10.1. The van der Waals surface area contributed by atoms with Gasteiger partial charge in [0.05, 0.1) is 17.0 Å². The largest absolute Gasteiger partial charge is 0.346 e. The van der Waals surface area contributed by atoms with Crippen LogP contribution in [-0.4, -0.2) is 39.4 Å². The van der Waals surface area contributed by atoms with Crippen molar-refractivity contribution in [2.24, 2.45) is 13.0 Å². The minimum atomic E-state index is -0.948. The van der Waals surface area contributed by atoms with E-state index in [-0.39, 0.29) is 24.1 Å². The van der Waals surface area contributed by atoms with E-state index in [1.165, 1.54) is 4.90 Å². The van der Waals surface area contributed by atoms with E-state index in [9.17, 15) is 9.59 Å². The fourth-order valence-corrected chi connectivity index (χ4v) is 5.43. The van der Waals surface area contributed by atoms with Gasteiger partial charge >= 0.3 is 0 Å². The summed E-state index contributed by atoms with van der Waals surface area (Å²) in [6.45, 7) is 1.95. The maximum Gasteiger partial charge on any atom is 0.235 e. The van der Waals surface area contributed by atoms with E-state index in [0.29, 0.717) is 0 Å². The van der Waals surface area contributed by atoms with Crippen molar-refractivity contribution in [1.29, 1.82) is 5.41 Å². The molecule has 1 saturated heterocycles. The first-order valence-corrected chi connectivity index (χ1v) is 12.7. The van der Waals surface area contributed by atoms with Gasteiger partial charge in [0.15, 0.2) is 11.7 Å². The summed E-state index contributed by atoms with van der Waals surface area (Å²) in [5.74, 6) is -1.33. The number of allylic oxidation sites excluding steroid dienone is 1. The molecule has 0 bridgehead atoms. The highest BCUT2D eigenvalue weighted by Crippen LogP contribution is 2.44. The number of fused-ring (bicyclic) bond motifs is 1. The predicted molar refractivity (Wildman–Crippen MR) is 149 cm³/mol. The van der Waals surface area contributed by atoms with Crippen LogP contribution in [0.4, 0.5) is 0 Å². The maximum atomic E-state index is 14.0. The van der Waals surface area contributed by atoms with Crippen LogP contribution in [0.3, 0.4) is 0 Å². The quantitative estimate of drug-likeness (QED) is 0.351. The lowest BCUT2D eigenvalue weighted by Gasteiger charge is -2.48. The first-order valence-electron chi connectivity index (χ1n) is 12.7. The van der Waals surface area contributed by atoms with Crippen LogP contribution in [0.5, 0.6) is 0 Å². The molecular formula is C31H31N5O2. The Kier molecular flexibility index (Phi) is 6.68. The third kappa shape index (κ3) is 4.75. The molecule has 2 N–H and O–H groups in total. The summed E-state index contributed by atoms with van der Waals surface area (Å²) in [6.07, 6.45) is 5.49. The molecule has 3 atom stereocenters. The van der Waals surface area contributed by atoms with Crippen LogP contribution in [0.2, 0.25) is 0 Å². The summed E-state index contributed by atoms with van der Waals surface area (Å²) in [7, 11) is 3.47. The molecule has 7 heteroatoms. The molecule has 192 valence electrons. The van der Waals surface area contributed by atoms with Gasteiger partial charge in [-0.2, -0.15) is 5.10 Å². The molecule has 7 nitrogen and oxygen atoms in total. The fourth-order valence-electron chi connectivity index (χ4n) is 5.43. The summed E-state index contributed by atoms with van der Waals surface area (Å²) < 4.78 is 1.76. The van der Waals surface area contributed by atoms with E-state index in [1.807, 2.05) is 99.0 Å². The van der Waals surface area contributed by atoms with Gasteiger partial charge in [-0.05, 0) is 35.8 Å². The minimum Gasteiger partial charge on any atom is -0.346 e. The average molecular weight is 506 g/mol. The summed E-state index contributed by atoms with van der Waals surface area (Å²) in [5, 5.41) is 17.4. The Morgan fingerprint density at radius 2 is 1.76 bits per heavy atom. The monoisotopic (exact) mass is 505 g/mol. The van der Waals surface area contributed by atoms with Crippen molar-refractivity contribution >= 4 is 34.6 Å². The molecular weight excluding hydrogens is 474 g/mol. The fraction of sp³-hybridized carbons (Fsp3) is 0.226. The van der Waals surface area contributed by atoms with Crippen LogP contribution in [-0.2, 0) is 22.2 Å². The maximum absolute atomic E-state index is 14.0. The highest BCUT2D eigenvalue weighted by Gasteiger charge is 2.51. The molecule has 1 aliphatic rings. The van der Waals surface area contributed by atoms with Crippen molar-refractivity contribution in [3.8, 4) is 0 Å². The van der Waals surface area contributed by atoms with Crippen LogP contribution >= 0.6 is 0 Å². The van der Waals surface area contributed by atoms with Gasteiger partial charge < -0.3 is 5.32 Å². The third-order valence-corrected chi connectivity index (χ3v) is 7.47. The Hall–Kier alpha value is -4.52. The molecule has 5 rings (SSSR count). The summed E-state index contributed by atoms with van der Waals surface area (Å²) in [4.78, 5) is 28.6. The van der Waals surface area contributed by atoms with Gasteiger partial charge in [-0.1, -0.05) is 78.9 Å². The number of aromatic nitrogens is 2. The number of ketones is 1. The summed E-state index contributed by atoms with van der Waals surface area (Å²) in [6, 6.07) is 25.3. The number of carbonyl (C=O) groups excluding carboxylic acids is 2. The van der Waals surface area contributed by atoms with Crippen LogP contribution in [0, 0.1) is 11.3 Å². The predicted octanol–water partition coefficient (Wildman–Crippen LogP) is 4.86. The van der Waals surface area contributed by atoms with Gasteiger partial charge in [-0.15, -0.1) is 0 Å². The van der Waals surface area contributed by atoms with Crippen LogP contribution < -0.4 is 5.32 Å². The number of guanidine groups is 1. The second-order valence-electron chi connectivity index (χ2n) is 10.1. The standard InChI is InChI=1S/C31H31N5O2/c1-31(24-16-15-23-20-35(2)34-27(23)18-24)28(29(38)36(3)30(32)33-31)26(22-12-8-5-9-13-22)19-25(37)17-14-21-10-6-4-7-11-21/h4-18,20,26,28H,19H2,1-3H3,(H2,32,33)/b17-14+/t26?,28-,31-/m1/s1. The first-order chi connectivity index (χ1) is 18.3. The second-order valence-corrected chi connectivity index (χ2v) is 10.1. The smallest absolute Gasteiger partial charge is 0.235 e. The highest BCUT2D eigenvalue weighted by atomic mass is 16.2.